The topological polar surface area (TPSA) is 95.1 Å². The van der Waals surface area contributed by atoms with E-state index >= 15 is 0 Å². The summed E-state index contributed by atoms with van der Waals surface area (Å²) in [6.07, 6.45) is 11.6. The van der Waals surface area contributed by atoms with E-state index in [1.54, 1.807) is 7.11 Å². The number of carbonyl (C=O) groups is 1. The second-order valence-corrected chi connectivity index (χ2v) is 9.79. The van der Waals surface area contributed by atoms with Crippen molar-refractivity contribution in [3.05, 3.63) is 36.4 Å². The molecule has 1 aromatic carbocycles. The van der Waals surface area contributed by atoms with Gasteiger partial charge in [0.05, 0.1) is 20.0 Å². The highest BCUT2D eigenvalue weighted by Gasteiger charge is 2.36. The van der Waals surface area contributed by atoms with Gasteiger partial charge in [-0.3, -0.25) is 9.69 Å². The minimum atomic E-state index is 0.214. The van der Waals surface area contributed by atoms with E-state index in [2.05, 4.69) is 33.5 Å². The molecule has 2 atom stereocenters. The van der Waals surface area contributed by atoms with Crippen LogP contribution < -0.4 is 19.9 Å². The number of ether oxygens (including phenoxy) is 3. The highest BCUT2D eigenvalue weighted by molar-refractivity contribution is 5.78. The number of nitrogens with zero attached hydrogens (tertiary/aromatic N) is 4. The lowest BCUT2D eigenvalue weighted by Crippen LogP contribution is -2.43. The summed E-state index contributed by atoms with van der Waals surface area (Å²) in [5, 5.41) is 0. The first kappa shape index (κ1) is 26.3. The van der Waals surface area contributed by atoms with Gasteiger partial charge in [-0.15, -0.1) is 0 Å². The molecule has 4 rings (SSSR count). The third-order valence-electron chi connectivity index (χ3n) is 7.31. The van der Waals surface area contributed by atoms with Crippen LogP contribution in [0.5, 0.6) is 17.2 Å². The van der Waals surface area contributed by atoms with Crippen LogP contribution in [0, 0.1) is 0 Å². The van der Waals surface area contributed by atoms with Crippen LogP contribution in [0.25, 0.3) is 0 Å². The largest absolute Gasteiger partial charge is 0.493 e. The maximum atomic E-state index is 13.5. The number of amides is 1. The van der Waals surface area contributed by atoms with Crippen LogP contribution in [-0.2, 0) is 11.3 Å². The third kappa shape index (κ3) is 6.50. The number of hydrogen-bond acceptors (Lipinski definition) is 7. The minimum absolute atomic E-state index is 0.214. The molecule has 2 aliphatic heterocycles. The van der Waals surface area contributed by atoms with Crippen LogP contribution in [-0.4, -0.2) is 77.9 Å². The van der Waals surface area contributed by atoms with E-state index in [0.29, 0.717) is 30.6 Å². The fraction of sp³-hybridized carbons (Fsp3) is 0.630. The fourth-order valence-electron chi connectivity index (χ4n) is 5.25. The Hall–Kier alpha value is -2.78. The molecule has 0 spiro atoms. The summed E-state index contributed by atoms with van der Waals surface area (Å²) in [6.45, 7) is 6.79. The Labute approximate surface area is 214 Å². The lowest BCUT2D eigenvalue weighted by molar-refractivity contribution is -0.132. The molecule has 36 heavy (non-hydrogen) atoms. The van der Waals surface area contributed by atoms with Crippen LogP contribution in [0.1, 0.15) is 56.9 Å². The van der Waals surface area contributed by atoms with Gasteiger partial charge in [-0.2, -0.15) is 0 Å². The zero-order chi connectivity index (χ0) is 25.3. The summed E-state index contributed by atoms with van der Waals surface area (Å²) in [5.74, 6) is 2.62. The zero-order valence-electron chi connectivity index (χ0n) is 21.7. The molecule has 2 N–H and O–H groups in total. The predicted octanol–water partition coefficient (Wildman–Crippen LogP) is 3.24. The number of hydrogen-bond donors (Lipinski definition) is 1. The van der Waals surface area contributed by atoms with Gasteiger partial charge in [0.1, 0.15) is 0 Å². The first-order chi connectivity index (χ1) is 17.6. The lowest BCUT2D eigenvalue weighted by Gasteiger charge is -2.29. The van der Waals surface area contributed by atoms with Crippen LogP contribution in [0.3, 0.4) is 0 Å². The summed E-state index contributed by atoms with van der Waals surface area (Å²) in [4.78, 5) is 22.1. The highest BCUT2D eigenvalue weighted by Crippen LogP contribution is 2.45. The number of carbonyl (C=O) groups excluding carboxylic acids is 1. The maximum absolute atomic E-state index is 13.5. The average Bonchev–Trinajstić information content (AvgIpc) is 3.65. The zero-order valence-corrected chi connectivity index (χ0v) is 21.7. The molecular weight excluding hydrogens is 458 g/mol. The number of likely N-dealkylation sites (tertiary alicyclic amines) is 1. The molecular formula is C27H41N5O4. The van der Waals surface area contributed by atoms with Gasteiger partial charge in [-0.1, -0.05) is 13.3 Å². The number of nitrogens with two attached hydrogens (primary N) is 1. The summed E-state index contributed by atoms with van der Waals surface area (Å²) in [7, 11) is 1.66. The average molecular weight is 500 g/mol. The molecule has 0 radical (unpaired) electrons. The van der Waals surface area contributed by atoms with Crippen LogP contribution >= 0.6 is 0 Å². The first-order valence-corrected chi connectivity index (χ1v) is 13.3. The number of rotatable bonds is 14. The van der Waals surface area contributed by atoms with Crippen molar-refractivity contribution in [2.75, 3.05) is 46.6 Å². The van der Waals surface area contributed by atoms with Gasteiger partial charge in [0.15, 0.2) is 11.5 Å². The Morgan fingerprint density at radius 3 is 2.86 bits per heavy atom. The third-order valence-corrected chi connectivity index (χ3v) is 7.31. The second kappa shape index (κ2) is 13.0. The first-order valence-electron chi connectivity index (χ1n) is 13.3. The minimum Gasteiger partial charge on any atom is -0.493 e. The number of imidazole rings is 1. The molecule has 9 heteroatoms. The Morgan fingerprint density at radius 2 is 2.11 bits per heavy atom. The number of aryl methyl sites for hydroxylation is 1. The number of benzene rings is 1. The van der Waals surface area contributed by atoms with Crippen LogP contribution in [0.15, 0.2) is 30.9 Å². The quantitative estimate of drug-likeness (QED) is 0.399. The molecule has 198 valence electrons. The Morgan fingerprint density at radius 1 is 1.25 bits per heavy atom. The number of fused-ring (bicyclic) bond motifs is 1. The van der Waals surface area contributed by atoms with Crippen molar-refractivity contribution >= 4 is 5.91 Å². The van der Waals surface area contributed by atoms with Crippen molar-refractivity contribution in [2.45, 2.75) is 64.0 Å². The van der Waals surface area contributed by atoms with Crippen molar-refractivity contribution in [3.63, 3.8) is 0 Å². The van der Waals surface area contributed by atoms with Gasteiger partial charge in [-0.25, -0.2) is 4.98 Å². The molecule has 0 saturated carbocycles. The molecule has 9 nitrogen and oxygen atoms in total. The van der Waals surface area contributed by atoms with Crippen molar-refractivity contribution in [3.8, 4) is 17.2 Å². The predicted molar refractivity (Wildman–Crippen MR) is 138 cm³/mol. The van der Waals surface area contributed by atoms with E-state index in [0.717, 1.165) is 70.5 Å². The van der Waals surface area contributed by atoms with Gasteiger partial charge in [0, 0.05) is 44.6 Å². The summed E-state index contributed by atoms with van der Waals surface area (Å²) in [5.41, 5.74) is 6.87. The highest BCUT2D eigenvalue weighted by atomic mass is 16.7. The Balaban J connectivity index is 1.48. The van der Waals surface area contributed by atoms with E-state index in [1.807, 2.05) is 23.6 Å². The maximum Gasteiger partial charge on any atom is 0.236 e. The molecule has 1 aromatic heterocycles. The van der Waals surface area contributed by atoms with E-state index in [1.165, 1.54) is 5.56 Å². The molecule has 3 heterocycles. The van der Waals surface area contributed by atoms with E-state index in [4.69, 9.17) is 19.9 Å². The molecule has 1 amide bonds. The molecule has 1 fully saturated rings. The van der Waals surface area contributed by atoms with Gasteiger partial charge < -0.3 is 29.4 Å². The Bertz CT molecular complexity index is 967. The second-order valence-electron chi connectivity index (χ2n) is 9.79. The molecule has 1 saturated heterocycles. The van der Waals surface area contributed by atoms with E-state index in [-0.39, 0.29) is 18.6 Å². The fourth-order valence-corrected chi connectivity index (χ4v) is 5.25. The van der Waals surface area contributed by atoms with Crippen molar-refractivity contribution in [2.24, 2.45) is 5.73 Å². The Kier molecular flexibility index (Phi) is 9.47. The van der Waals surface area contributed by atoms with Crippen molar-refractivity contribution in [1.29, 1.82) is 0 Å². The van der Waals surface area contributed by atoms with Crippen molar-refractivity contribution < 1.29 is 19.0 Å². The SMILES string of the molecule is CCCCN(CCCCN)C(=O)CN1C[C@H](c2cc(OC)c3c(c2)OCO3)C[C@@H]1CCn1ccnc1. The normalized spacial score (nSPS) is 19.1. The van der Waals surface area contributed by atoms with Crippen molar-refractivity contribution in [1.82, 2.24) is 19.4 Å². The summed E-state index contributed by atoms with van der Waals surface area (Å²) in [6, 6.07) is 4.44. The monoisotopic (exact) mass is 499 g/mol. The molecule has 0 unspecified atom stereocenters. The van der Waals surface area contributed by atoms with Gasteiger partial charge in [0.25, 0.3) is 0 Å². The van der Waals surface area contributed by atoms with Crippen LogP contribution in [0.2, 0.25) is 0 Å². The smallest absolute Gasteiger partial charge is 0.236 e. The number of methoxy groups -OCH3 is 1. The van der Waals surface area contributed by atoms with E-state index < -0.39 is 0 Å². The van der Waals surface area contributed by atoms with Gasteiger partial charge in [0.2, 0.25) is 18.4 Å². The van der Waals surface area contributed by atoms with Crippen LogP contribution in [0.4, 0.5) is 0 Å². The van der Waals surface area contributed by atoms with Gasteiger partial charge >= 0.3 is 0 Å². The van der Waals surface area contributed by atoms with Gasteiger partial charge in [-0.05, 0) is 62.3 Å². The summed E-state index contributed by atoms with van der Waals surface area (Å²) >= 11 is 0. The molecule has 0 bridgehead atoms. The molecule has 2 aromatic rings. The lowest BCUT2D eigenvalue weighted by atomic mass is 9.94. The number of aromatic nitrogens is 2. The van der Waals surface area contributed by atoms with E-state index in [9.17, 15) is 4.79 Å². The summed E-state index contributed by atoms with van der Waals surface area (Å²) < 4.78 is 19.0. The molecule has 0 aliphatic carbocycles. The number of unbranched alkanes of at least 4 members (excludes halogenated alkanes) is 2. The molecule has 2 aliphatic rings. The standard InChI is InChI=1S/C27H41N5O4/c1-3-4-10-31(11-6-5-8-28)26(33)18-32-17-22(14-23(32)7-12-30-13-9-29-19-30)21-15-24(34-2)27-25(16-21)35-20-36-27/h9,13,15-16,19,22-23H,3-8,10-12,14,17-18,20,28H2,1-2H3/t22-,23+/m1/s1.